The molecule has 2 aliphatic carbocycles. The Kier molecular flexibility index (Phi) is 2.29. The average Bonchev–Trinajstić information content (AvgIpc) is 2.94. The molecule has 4 bridgehead atoms. The molecular formula is C14H24N2. The molecule has 2 heterocycles. The molecule has 4 rings (SSSR count). The maximum absolute atomic E-state index is 4.01. The number of hydrogen-bond acceptors (Lipinski definition) is 2. The van der Waals surface area contributed by atoms with E-state index in [4.69, 9.17) is 0 Å². The number of nitrogens with one attached hydrogen (secondary N) is 2. The van der Waals surface area contributed by atoms with Crippen LogP contribution in [0.3, 0.4) is 0 Å². The summed E-state index contributed by atoms with van der Waals surface area (Å²) in [4.78, 5) is 0. The minimum Gasteiger partial charge on any atom is -0.311 e. The van der Waals surface area contributed by atoms with Gasteiger partial charge < -0.3 is 10.6 Å². The third-order valence-corrected chi connectivity index (χ3v) is 5.66. The molecule has 2 aliphatic heterocycles. The molecule has 5 unspecified atom stereocenters. The first kappa shape index (κ1) is 9.90. The summed E-state index contributed by atoms with van der Waals surface area (Å²) in [6, 6.07) is 3.41. The van der Waals surface area contributed by atoms with Crippen molar-refractivity contribution in [1.29, 1.82) is 0 Å². The highest BCUT2D eigenvalue weighted by atomic mass is 15.1. The van der Waals surface area contributed by atoms with Crippen LogP contribution < -0.4 is 10.6 Å². The lowest BCUT2D eigenvalue weighted by Gasteiger charge is -2.34. The largest absolute Gasteiger partial charge is 0.311 e. The van der Waals surface area contributed by atoms with E-state index in [9.17, 15) is 0 Å². The highest BCUT2D eigenvalue weighted by molar-refractivity contribution is 4.99. The van der Waals surface area contributed by atoms with Crippen molar-refractivity contribution >= 4 is 0 Å². The lowest BCUT2D eigenvalue weighted by atomic mass is 9.92. The van der Waals surface area contributed by atoms with Gasteiger partial charge in [-0.25, -0.2) is 0 Å². The van der Waals surface area contributed by atoms with Gasteiger partial charge in [0.1, 0.15) is 0 Å². The standard InChI is InChI=1S/C14H24N2/c1-2-10-5-9(1)6-14(10)16-13-7-11-3-4-12(8-13)15-11/h9-16H,1-8H2. The van der Waals surface area contributed by atoms with E-state index < -0.39 is 0 Å². The molecule has 2 N–H and O–H groups in total. The molecule has 5 atom stereocenters. The molecule has 16 heavy (non-hydrogen) atoms. The van der Waals surface area contributed by atoms with Gasteiger partial charge in [0.15, 0.2) is 0 Å². The maximum atomic E-state index is 4.01. The van der Waals surface area contributed by atoms with Crippen LogP contribution >= 0.6 is 0 Å². The molecular weight excluding hydrogens is 196 g/mol. The SMILES string of the molecule is C1CC2CC1CC2NC1CC2CCC(C1)N2. The molecule has 2 saturated carbocycles. The van der Waals surface area contributed by atoms with Crippen LogP contribution in [0.2, 0.25) is 0 Å². The van der Waals surface area contributed by atoms with Crippen LogP contribution in [0.5, 0.6) is 0 Å². The van der Waals surface area contributed by atoms with Crippen LogP contribution in [0.25, 0.3) is 0 Å². The van der Waals surface area contributed by atoms with Crippen molar-refractivity contribution in [2.75, 3.05) is 0 Å². The molecule has 0 spiro atoms. The van der Waals surface area contributed by atoms with Crippen molar-refractivity contribution in [3.05, 3.63) is 0 Å². The highest BCUT2D eigenvalue weighted by Crippen LogP contribution is 2.45. The third-order valence-electron chi connectivity index (χ3n) is 5.66. The topological polar surface area (TPSA) is 24.1 Å². The Morgan fingerprint density at radius 3 is 2.25 bits per heavy atom. The van der Waals surface area contributed by atoms with Gasteiger partial charge in [0.05, 0.1) is 0 Å². The Morgan fingerprint density at radius 2 is 1.62 bits per heavy atom. The lowest BCUT2D eigenvalue weighted by Crippen LogP contribution is -2.50. The van der Waals surface area contributed by atoms with E-state index in [1.165, 1.54) is 51.4 Å². The second kappa shape index (κ2) is 3.71. The summed E-state index contributed by atoms with van der Waals surface area (Å²) in [6.07, 6.45) is 11.7. The Morgan fingerprint density at radius 1 is 0.812 bits per heavy atom. The smallest absolute Gasteiger partial charge is 0.0101 e. The van der Waals surface area contributed by atoms with Gasteiger partial charge in [0, 0.05) is 24.2 Å². The van der Waals surface area contributed by atoms with Crippen LogP contribution in [0.15, 0.2) is 0 Å². The highest BCUT2D eigenvalue weighted by Gasteiger charge is 2.41. The summed E-state index contributed by atoms with van der Waals surface area (Å²) in [5.41, 5.74) is 0. The molecule has 0 aromatic heterocycles. The van der Waals surface area contributed by atoms with Crippen LogP contribution in [-0.4, -0.2) is 24.2 Å². The zero-order valence-electron chi connectivity index (χ0n) is 10.1. The Hall–Kier alpha value is -0.0800. The van der Waals surface area contributed by atoms with Gasteiger partial charge in [-0.15, -0.1) is 0 Å². The fraction of sp³-hybridized carbons (Fsp3) is 1.00. The van der Waals surface area contributed by atoms with Crippen LogP contribution in [-0.2, 0) is 0 Å². The monoisotopic (exact) mass is 220 g/mol. The average molecular weight is 220 g/mol. The molecule has 2 saturated heterocycles. The van der Waals surface area contributed by atoms with E-state index in [2.05, 4.69) is 10.6 Å². The molecule has 2 heteroatoms. The van der Waals surface area contributed by atoms with Gasteiger partial charge in [-0.05, 0) is 56.8 Å². The first-order chi connectivity index (χ1) is 7.87. The van der Waals surface area contributed by atoms with E-state index in [-0.39, 0.29) is 0 Å². The zero-order valence-corrected chi connectivity index (χ0v) is 10.1. The minimum absolute atomic E-state index is 0.836. The first-order valence-electron chi connectivity index (χ1n) is 7.39. The fourth-order valence-electron chi connectivity index (χ4n) is 4.94. The van der Waals surface area contributed by atoms with Gasteiger partial charge in [-0.1, -0.05) is 6.42 Å². The lowest BCUT2D eigenvalue weighted by molar-refractivity contribution is 0.255. The van der Waals surface area contributed by atoms with E-state index >= 15 is 0 Å². The van der Waals surface area contributed by atoms with Crippen LogP contribution in [0.4, 0.5) is 0 Å². The predicted molar refractivity (Wildman–Crippen MR) is 65.3 cm³/mol. The molecule has 0 radical (unpaired) electrons. The summed E-state index contributed by atoms with van der Waals surface area (Å²) in [6.45, 7) is 0. The molecule has 90 valence electrons. The number of hydrogen-bond donors (Lipinski definition) is 2. The van der Waals surface area contributed by atoms with E-state index in [1.807, 2.05) is 0 Å². The summed E-state index contributed by atoms with van der Waals surface area (Å²) in [5.74, 6) is 2.12. The Bertz CT molecular complexity index is 266. The Balaban J connectivity index is 1.37. The van der Waals surface area contributed by atoms with Gasteiger partial charge in [-0.2, -0.15) is 0 Å². The maximum Gasteiger partial charge on any atom is 0.0101 e. The van der Waals surface area contributed by atoms with Gasteiger partial charge in [0.25, 0.3) is 0 Å². The first-order valence-corrected chi connectivity index (χ1v) is 7.39. The summed E-state index contributed by atoms with van der Waals surface area (Å²) >= 11 is 0. The third kappa shape index (κ3) is 1.62. The summed E-state index contributed by atoms with van der Waals surface area (Å²) < 4.78 is 0. The van der Waals surface area contributed by atoms with Gasteiger partial charge in [-0.3, -0.25) is 0 Å². The van der Waals surface area contributed by atoms with Crippen molar-refractivity contribution in [2.45, 2.75) is 75.5 Å². The normalized spacial score (nSPS) is 54.8. The van der Waals surface area contributed by atoms with Crippen molar-refractivity contribution < 1.29 is 0 Å². The van der Waals surface area contributed by atoms with Crippen molar-refractivity contribution in [3.8, 4) is 0 Å². The number of fused-ring (bicyclic) bond motifs is 4. The minimum atomic E-state index is 0.836. The van der Waals surface area contributed by atoms with Gasteiger partial charge in [0.2, 0.25) is 0 Å². The Labute approximate surface area is 98.6 Å². The zero-order chi connectivity index (χ0) is 10.5. The molecule has 0 aromatic carbocycles. The molecule has 4 aliphatic rings. The van der Waals surface area contributed by atoms with E-state index in [0.29, 0.717) is 0 Å². The second-order valence-corrected chi connectivity index (χ2v) is 6.75. The predicted octanol–water partition coefficient (Wildman–Crippen LogP) is 2.05. The summed E-state index contributed by atoms with van der Waals surface area (Å²) in [5, 5.41) is 7.75. The summed E-state index contributed by atoms with van der Waals surface area (Å²) in [7, 11) is 0. The van der Waals surface area contributed by atoms with E-state index in [0.717, 1.165) is 36.0 Å². The molecule has 0 amide bonds. The molecule has 2 nitrogen and oxygen atoms in total. The molecule has 4 fully saturated rings. The van der Waals surface area contributed by atoms with Crippen molar-refractivity contribution in [3.63, 3.8) is 0 Å². The van der Waals surface area contributed by atoms with Crippen LogP contribution in [0.1, 0.15) is 51.4 Å². The van der Waals surface area contributed by atoms with Crippen LogP contribution in [0, 0.1) is 11.8 Å². The quantitative estimate of drug-likeness (QED) is 0.744. The van der Waals surface area contributed by atoms with Gasteiger partial charge >= 0.3 is 0 Å². The van der Waals surface area contributed by atoms with E-state index in [1.54, 1.807) is 0 Å². The van der Waals surface area contributed by atoms with Crippen molar-refractivity contribution in [2.24, 2.45) is 11.8 Å². The van der Waals surface area contributed by atoms with Crippen molar-refractivity contribution in [1.82, 2.24) is 10.6 Å². The molecule has 0 aromatic rings. The number of piperidine rings is 1. The fourth-order valence-corrected chi connectivity index (χ4v) is 4.94. The second-order valence-electron chi connectivity index (χ2n) is 6.75. The number of rotatable bonds is 2.